The number of hydrogen-bond donors (Lipinski definition) is 0. The van der Waals surface area contributed by atoms with E-state index in [9.17, 15) is 0 Å². The van der Waals surface area contributed by atoms with Crippen LogP contribution >= 0.6 is 39.1 Å². The number of halogens is 3. The molecule has 0 amide bonds. The van der Waals surface area contributed by atoms with Crippen LogP contribution in [0.3, 0.4) is 0 Å². The molecule has 0 unspecified atom stereocenters. The third kappa shape index (κ3) is 10.9. The summed E-state index contributed by atoms with van der Waals surface area (Å²) in [4.78, 5) is 5.18. The molecule has 0 saturated carbocycles. The molecule has 152 valence electrons. The lowest BCUT2D eigenvalue weighted by Crippen LogP contribution is -2.02. The molecule has 4 nitrogen and oxygen atoms in total. The van der Waals surface area contributed by atoms with Crippen molar-refractivity contribution in [1.29, 1.82) is 0 Å². The van der Waals surface area contributed by atoms with Crippen LogP contribution in [0.15, 0.2) is 27.3 Å². The van der Waals surface area contributed by atoms with Crippen LogP contribution in [-0.2, 0) is 11.3 Å². The van der Waals surface area contributed by atoms with Crippen molar-refractivity contribution >= 4 is 44.8 Å². The van der Waals surface area contributed by atoms with Gasteiger partial charge >= 0.3 is 0 Å². The van der Waals surface area contributed by atoms with Gasteiger partial charge in [-0.1, -0.05) is 35.3 Å². The number of nitrogens with zero attached hydrogens (tertiary/aromatic N) is 1. The predicted octanol–water partition coefficient (Wildman–Crippen LogP) is 7.11. The monoisotopic (exact) mass is 479 g/mol. The summed E-state index contributed by atoms with van der Waals surface area (Å²) in [5.74, 6) is 1.45. The summed E-state index contributed by atoms with van der Waals surface area (Å²) in [6.07, 6.45) is 6.69. The lowest BCUT2D eigenvalue weighted by molar-refractivity contribution is 0.139. The van der Waals surface area contributed by atoms with E-state index in [1.54, 1.807) is 12.1 Å². The summed E-state index contributed by atoms with van der Waals surface area (Å²) in [6, 6.07) is 3.74. The largest absolute Gasteiger partial charge is 0.492 e. The first-order valence-electron chi connectivity index (χ1n) is 9.16. The number of ether oxygens (including phenoxy) is 2. The van der Waals surface area contributed by atoms with E-state index in [0.29, 0.717) is 34.5 Å². The number of rotatable bonds is 13. The Kier molecular flexibility index (Phi) is 12.6. The van der Waals surface area contributed by atoms with Crippen molar-refractivity contribution in [1.82, 2.24) is 0 Å². The average Bonchev–Trinajstić information content (AvgIpc) is 2.60. The maximum atomic E-state index is 6.39. The van der Waals surface area contributed by atoms with Crippen molar-refractivity contribution in [2.45, 2.75) is 52.9 Å². The van der Waals surface area contributed by atoms with Crippen LogP contribution in [0, 0.1) is 0 Å². The van der Waals surface area contributed by atoms with Crippen molar-refractivity contribution in [3.63, 3.8) is 0 Å². The average molecular weight is 481 g/mol. The van der Waals surface area contributed by atoms with E-state index >= 15 is 0 Å². The molecule has 1 aromatic carbocycles. The van der Waals surface area contributed by atoms with Gasteiger partial charge in [-0.25, -0.2) is 0 Å². The molecule has 0 aliphatic heterocycles. The molecule has 0 aromatic heterocycles. The maximum Gasteiger partial charge on any atom is 0.141 e. The summed E-state index contributed by atoms with van der Waals surface area (Å²) in [7, 11) is 0. The Hall–Kier alpha value is -0.910. The molecule has 0 fully saturated rings. The van der Waals surface area contributed by atoms with Crippen LogP contribution in [0.2, 0.25) is 5.02 Å². The van der Waals surface area contributed by atoms with Crippen LogP contribution in [0.1, 0.15) is 52.0 Å². The number of benzene rings is 1. The summed E-state index contributed by atoms with van der Waals surface area (Å²) >= 11 is 15.3. The number of unbranched alkanes of at least 4 members (excludes halogenated alkanes) is 3. The lowest BCUT2D eigenvalue weighted by Gasteiger charge is -2.14. The second-order valence-electron chi connectivity index (χ2n) is 6.19. The summed E-state index contributed by atoms with van der Waals surface area (Å²) < 4.78 is 12.1. The van der Waals surface area contributed by atoms with Crippen LogP contribution in [0.5, 0.6) is 11.5 Å². The van der Waals surface area contributed by atoms with Gasteiger partial charge in [-0.15, -0.1) is 0 Å². The van der Waals surface area contributed by atoms with E-state index in [0.717, 1.165) is 49.1 Å². The van der Waals surface area contributed by atoms with Gasteiger partial charge in [-0.05, 0) is 79.6 Å². The first kappa shape index (κ1) is 24.1. The molecule has 0 heterocycles. The standard InChI is InChI=1S/C20H28BrCl2NO3/c1-4-16-13-17(25-12-9-19(21)23)14-18(22)20(16)26-10-7-5-6-8-11-27-24-15(2)3/h9,13-14H,4-8,10-12H2,1-3H3/b19-9-. The zero-order valence-corrected chi connectivity index (χ0v) is 19.3. The second-order valence-corrected chi connectivity index (χ2v) is 8.31. The Labute approximate surface area is 181 Å². The molecule has 0 aliphatic carbocycles. The highest BCUT2D eigenvalue weighted by atomic mass is 79.9. The van der Waals surface area contributed by atoms with Gasteiger partial charge in [0.05, 0.1) is 21.3 Å². The van der Waals surface area contributed by atoms with Gasteiger partial charge in [-0.2, -0.15) is 0 Å². The lowest BCUT2D eigenvalue weighted by atomic mass is 10.1. The van der Waals surface area contributed by atoms with Gasteiger partial charge < -0.3 is 14.3 Å². The highest BCUT2D eigenvalue weighted by Crippen LogP contribution is 2.34. The third-order valence-electron chi connectivity index (χ3n) is 3.59. The Morgan fingerprint density at radius 3 is 2.44 bits per heavy atom. The number of oxime groups is 1. The SMILES string of the molecule is CCc1cc(OC/C=C(\Cl)Br)cc(Cl)c1OCCCCCCON=C(C)C. The van der Waals surface area contributed by atoms with Crippen molar-refractivity contribution < 1.29 is 14.3 Å². The van der Waals surface area contributed by atoms with Crippen molar-refractivity contribution in [2.24, 2.45) is 5.16 Å². The van der Waals surface area contributed by atoms with Crippen LogP contribution in [-0.4, -0.2) is 25.5 Å². The van der Waals surface area contributed by atoms with E-state index in [2.05, 4.69) is 28.0 Å². The fraction of sp³-hybridized carbons (Fsp3) is 0.550. The number of aryl methyl sites for hydroxylation is 1. The molecule has 0 saturated heterocycles. The minimum Gasteiger partial charge on any atom is -0.492 e. The van der Waals surface area contributed by atoms with Gasteiger partial charge in [0, 0.05) is 6.07 Å². The van der Waals surface area contributed by atoms with Crippen LogP contribution in [0.25, 0.3) is 0 Å². The van der Waals surface area contributed by atoms with Crippen molar-refractivity contribution in [3.05, 3.63) is 32.7 Å². The van der Waals surface area contributed by atoms with Gasteiger partial charge in [0.25, 0.3) is 0 Å². The summed E-state index contributed by atoms with van der Waals surface area (Å²) in [6.45, 7) is 7.58. The second kappa shape index (κ2) is 14.1. The van der Waals surface area contributed by atoms with E-state index in [-0.39, 0.29) is 0 Å². The first-order valence-corrected chi connectivity index (χ1v) is 10.7. The highest BCUT2D eigenvalue weighted by molar-refractivity contribution is 9.12. The van der Waals surface area contributed by atoms with E-state index in [4.69, 9.17) is 37.5 Å². The zero-order valence-electron chi connectivity index (χ0n) is 16.2. The molecular weight excluding hydrogens is 453 g/mol. The van der Waals surface area contributed by atoms with Crippen molar-refractivity contribution in [2.75, 3.05) is 19.8 Å². The first-order chi connectivity index (χ1) is 12.9. The molecule has 0 radical (unpaired) electrons. The summed E-state index contributed by atoms with van der Waals surface area (Å²) in [5.41, 5.74) is 1.97. The van der Waals surface area contributed by atoms with E-state index in [1.165, 1.54) is 0 Å². The van der Waals surface area contributed by atoms with Gasteiger partial charge in [-0.3, -0.25) is 0 Å². The Morgan fingerprint density at radius 2 is 1.81 bits per heavy atom. The maximum absolute atomic E-state index is 6.39. The topological polar surface area (TPSA) is 40.0 Å². The van der Waals surface area contributed by atoms with Gasteiger partial charge in [0.2, 0.25) is 0 Å². The normalized spacial score (nSPS) is 11.3. The fourth-order valence-electron chi connectivity index (χ4n) is 2.30. The Morgan fingerprint density at radius 1 is 1.11 bits per heavy atom. The Balaban J connectivity index is 2.39. The highest BCUT2D eigenvalue weighted by Gasteiger charge is 2.11. The molecule has 1 aromatic rings. The zero-order chi connectivity index (χ0) is 20.1. The molecular formula is C20H28BrCl2NO3. The summed E-state index contributed by atoms with van der Waals surface area (Å²) in [5, 5.41) is 4.49. The molecule has 0 bridgehead atoms. The molecule has 0 N–H and O–H groups in total. The van der Waals surface area contributed by atoms with Gasteiger partial charge in [0.1, 0.15) is 24.7 Å². The molecule has 7 heteroatoms. The van der Waals surface area contributed by atoms with E-state index < -0.39 is 0 Å². The molecule has 1 rings (SSSR count). The van der Waals surface area contributed by atoms with Gasteiger partial charge in [0.15, 0.2) is 0 Å². The fourth-order valence-corrected chi connectivity index (χ4v) is 2.78. The van der Waals surface area contributed by atoms with Crippen LogP contribution < -0.4 is 9.47 Å². The van der Waals surface area contributed by atoms with Crippen molar-refractivity contribution in [3.8, 4) is 11.5 Å². The smallest absolute Gasteiger partial charge is 0.141 e. The molecule has 0 aliphatic rings. The number of hydrogen-bond acceptors (Lipinski definition) is 4. The predicted molar refractivity (Wildman–Crippen MR) is 118 cm³/mol. The molecule has 27 heavy (non-hydrogen) atoms. The minimum atomic E-state index is 0.372. The third-order valence-corrected chi connectivity index (χ3v) is 4.34. The van der Waals surface area contributed by atoms with E-state index in [1.807, 2.05) is 19.9 Å². The minimum absolute atomic E-state index is 0.372. The Bertz CT molecular complexity index is 628. The van der Waals surface area contributed by atoms with Crippen LogP contribution in [0.4, 0.5) is 0 Å². The molecule has 0 atom stereocenters. The quantitative estimate of drug-likeness (QED) is 0.171. The molecule has 0 spiro atoms.